The standard InChI is InChI=1S/C16H16N2OS2/c1-4-13(19)18-16-14(9(2)10(3)20-16)15-17-11-7-5-6-8-12(11)21-15/h5-8H,4H2,1-3H3,(H,18,19). The fourth-order valence-corrected chi connectivity index (χ4v) is 4.38. The zero-order chi connectivity index (χ0) is 15.0. The van der Waals surface area contributed by atoms with Crippen LogP contribution in [0, 0.1) is 13.8 Å². The Balaban J connectivity index is 2.14. The highest BCUT2D eigenvalue weighted by atomic mass is 32.1. The molecule has 2 aromatic heterocycles. The van der Waals surface area contributed by atoms with Gasteiger partial charge in [0.15, 0.2) is 0 Å². The van der Waals surface area contributed by atoms with E-state index in [1.54, 1.807) is 22.7 Å². The number of benzene rings is 1. The predicted octanol–water partition coefficient (Wildman–Crippen LogP) is 4.99. The number of nitrogens with zero attached hydrogens (tertiary/aromatic N) is 1. The van der Waals surface area contributed by atoms with Crippen LogP contribution in [0.25, 0.3) is 20.8 Å². The molecule has 3 aromatic rings. The molecular formula is C16H16N2OS2. The fourth-order valence-electron chi connectivity index (χ4n) is 2.17. The summed E-state index contributed by atoms with van der Waals surface area (Å²) in [6, 6.07) is 8.12. The molecule has 0 unspecified atom stereocenters. The second kappa shape index (κ2) is 5.58. The second-order valence-corrected chi connectivity index (χ2v) is 7.13. The first-order chi connectivity index (χ1) is 10.1. The van der Waals surface area contributed by atoms with Crippen molar-refractivity contribution in [3.8, 4) is 10.6 Å². The summed E-state index contributed by atoms with van der Waals surface area (Å²) in [6.45, 7) is 6.03. The highest BCUT2D eigenvalue weighted by Gasteiger charge is 2.19. The number of aryl methyl sites for hydroxylation is 1. The lowest BCUT2D eigenvalue weighted by Gasteiger charge is -2.03. The van der Waals surface area contributed by atoms with Crippen molar-refractivity contribution in [2.45, 2.75) is 27.2 Å². The predicted molar refractivity (Wildman–Crippen MR) is 91.3 cm³/mol. The minimum atomic E-state index is 0.0404. The normalized spacial score (nSPS) is 11.0. The summed E-state index contributed by atoms with van der Waals surface area (Å²) in [7, 11) is 0. The van der Waals surface area contributed by atoms with E-state index in [2.05, 4.69) is 25.2 Å². The lowest BCUT2D eigenvalue weighted by atomic mass is 10.1. The molecule has 0 radical (unpaired) electrons. The van der Waals surface area contributed by atoms with E-state index >= 15 is 0 Å². The van der Waals surface area contributed by atoms with Gasteiger partial charge in [0.05, 0.1) is 10.2 Å². The van der Waals surface area contributed by atoms with Crippen LogP contribution in [0.1, 0.15) is 23.8 Å². The minimum Gasteiger partial charge on any atom is -0.317 e. The number of aromatic nitrogens is 1. The topological polar surface area (TPSA) is 42.0 Å². The number of fused-ring (bicyclic) bond motifs is 1. The highest BCUT2D eigenvalue weighted by Crippen LogP contribution is 2.42. The molecule has 0 atom stereocenters. The first kappa shape index (κ1) is 14.2. The van der Waals surface area contributed by atoms with E-state index in [9.17, 15) is 4.79 Å². The van der Waals surface area contributed by atoms with Crippen molar-refractivity contribution in [2.75, 3.05) is 5.32 Å². The van der Waals surface area contributed by atoms with E-state index in [-0.39, 0.29) is 5.91 Å². The molecular weight excluding hydrogens is 300 g/mol. The van der Waals surface area contributed by atoms with Crippen LogP contribution in [0.15, 0.2) is 24.3 Å². The van der Waals surface area contributed by atoms with Gasteiger partial charge in [0.2, 0.25) is 5.91 Å². The van der Waals surface area contributed by atoms with Crippen LogP contribution in [-0.2, 0) is 4.79 Å². The van der Waals surface area contributed by atoms with Gasteiger partial charge >= 0.3 is 0 Å². The first-order valence-electron chi connectivity index (χ1n) is 6.86. The molecule has 0 spiro atoms. The maximum Gasteiger partial charge on any atom is 0.224 e. The molecule has 1 N–H and O–H groups in total. The Morgan fingerprint density at radius 2 is 2.00 bits per heavy atom. The van der Waals surface area contributed by atoms with E-state index in [1.165, 1.54) is 15.1 Å². The molecule has 108 valence electrons. The number of amides is 1. The minimum absolute atomic E-state index is 0.0404. The number of thiazole rings is 1. The van der Waals surface area contributed by atoms with E-state index in [1.807, 2.05) is 25.1 Å². The number of carbonyl (C=O) groups is 1. The van der Waals surface area contributed by atoms with Crippen molar-refractivity contribution < 1.29 is 4.79 Å². The maximum absolute atomic E-state index is 11.7. The molecule has 1 amide bonds. The molecule has 3 nitrogen and oxygen atoms in total. The van der Waals surface area contributed by atoms with Gasteiger partial charge in [0, 0.05) is 16.9 Å². The van der Waals surface area contributed by atoms with Gasteiger partial charge < -0.3 is 5.32 Å². The average Bonchev–Trinajstić information content (AvgIpc) is 3.00. The van der Waals surface area contributed by atoms with Gasteiger partial charge in [-0.3, -0.25) is 4.79 Å². The molecule has 21 heavy (non-hydrogen) atoms. The van der Waals surface area contributed by atoms with Gasteiger partial charge in [-0.05, 0) is 31.5 Å². The summed E-state index contributed by atoms with van der Waals surface area (Å²) in [6.07, 6.45) is 0.481. The van der Waals surface area contributed by atoms with Gasteiger partial charge in [0.1, 0.15) is 10.0 Å². The Morgan fingerprint density at radius 1 is 1.24 bits per heavy atom. The SMILES string of the molecule is CCC(=O)Nc1sc(C)c(C)c1-c1nc2ccccc2s1. The molecule has 0 saturated carbocycles. The van der Waals surface area contributed by atoms with Gasteiger partial charge in [-0.25, -0.2) is 4.98 Å². The van der Waals surface area contributed by atoms with Crippen molar-refractivity contribution in [1.82, 2.24) is 4.98 Å². The number of hydrogen-bond donors (Lipinski definition) is 1. The number of hydrogen-bond acceptors (Lipinski definition) is 4. The molecule has 0 aliphatic carbocycles. The van der Waals surface area contributed by atoms with Gasteiger partial charge in [-0.15, -0.1) is 22.7 Å². The second-order valence-electron chi connectivity index (χ2n) is 4.88. The van der Waals surface area contributed by atoms with Gasteiger partial charge in [-0.1, -0.05) is 19.1 Å². The van der Waals surface area contributed by atoms with Crippen LogP contribution in [-0.4, -0.2) is 10.9 Å². The average molecular weight is 316 g/mol. The lowest BCUT2D eigenvalue weighted by molar-refractivity contribution is -0.115. The smallest absolute Gasteiger partial charge is 0.224 e. The molecule has 1 aromatic carbocycles. The van der Waals surface area contributed by atoms with Crippen molar-refractivity contribution in [3.63, 3.8) is 0 Å². The third kappa shape index (κ3) is 2.59. The summed E-state index contributed by atoms with van der Waals surface area (Å²) < 4.78 is 1.17. The Kier molecular flexibility index (Phi) is 3.78. The van der Waals surface area contributed by atoms with Crippen LogP contribution in [0.3, 0.4) is 0 Å². The Bertz CT molecular complexity index is 784. The number of para-hydroxylation sites is 1. The molecule has 0 aliphatic rings. The van der Waals surface area contributed by atoms with Crippen LogP contribution >= 0.6 is 22.7 Å². The summed E-state index contributed by atoms with van der Waals surface area (Å²) in [4.78, 5) is 17.7. The molecule has 5 heteroatoms. The number of nitrogens with one attached hydrogen (secondary N) is 1. The van der Waals surface area contributed by atoms with Crippen LogP contribution < -0.4 is 5.32 Å². The molecule has 2 heterocycles. The Morgan fingerprint density at radius 3 is 2.71 bits per heavy atom. The van der Waals surface area contributed by atoms with E-state index < -0.39 is 0 Å². The largest absolute Gasteiger partial charge is 0.317 e. The molecule has 0 bridgehead atoms. The fraction of sp³-hybridized carbons (Fsp3) is 0.250. The van der Waals surface area contributed by atoms with E-state index in [4.69, 9.17) is 4.98 Å². The van der Waals surface area contributed by atoms with Gasteiger partial charge in [0.25, 0.3) is 0 Å². The molecule has 0 saturated heterocycles. The number of thiophene rings is 1. The Labute approximate surface area is 131 Å². The zero-order valence-electron chi connectivity index (χ0n) is 12.2. The molecule has 0 fully saturated rings. The van der Waals surface area contributed by atoms with Crippen molar-refractivity contribution >= 4 is 43.8 Å². The number of rotatable bonds is 3. The van der Waals surface area contributed by atoms with Crippen LogP contribution in [0.5, 0.6) is 0 Å². The third-order valence-electron chi connectivity index (χ3n) is 3.47. The van der Waals surface area contributed by atoms with Crippen LogP contribution in [0.4, 0.5) is 5.00 Å². The third-order valence-corrected chi connectivity index (χ3v) is 5.64. The van der Waals surface area contributed by atoms with E-state index in [0.29, 0.717) is 6.42 Å². The number of carbonyl (C=O) groups excluding carboxylic acids is 1. The number of anilines is 1. The summed E-state index contributed by atoms with van der Waals surface area (Å²) in [5.74, 6) is 0.0404. The first-order valence-corrected chi connectivity index (χ1v) is 8.49. The monoisotopic (exact) mass is 316 g/mol. The summed E-state index contributed by atoms with van der Waals surface area (Å²) in [5.41, 5.74) is 3.28. The zero-order valence-corrected chi connectivity index (χ0v) is 13.8. The van der Waals surface area contributed by atoms with E-state index in [0.717, 1.165) is 21.1 Å². The molecule has 0 aliphatic heterocycles. The van der Waals surface area contributed by atoms with Crippen molar-refractivity contribution in [1.29, 1.82) is 0 Å². The van der Waals surface area contributed by atoms with Crippen molar-refractivity contribution in [3.05, 3.63) is 34.7 Å². The van der Waals surface area contributed by atoms with Gasteiger partial charge in [-0.2, -0.15) is 0 Å². The maximum atomic E-state index is 11.7. The van der Waals surface area contributed by atoms with Crippen molar-refractivity contribution in [2.24, 2.45) is 0 Å². The highest BCUT2D eigenvalue weighted by molar-refractivity contribution is 7.22. The quantitative estimate of drug-likeness (QED) is 0.739. The summed E-state index contributed by atoms with van der Waals surface area (Å²) in [5, 5.41) is 4.90. The Hall–Kier alpha value is -1.72. The lowest BCUT2D eigenvalue weighted by Crippen LogP contribution is -2.08. The van der Waals surface area contributed by atoms with Crippen LogP contribution in [0.2, 0.25) is 0 Å². The molecule has 3 rings (SSSR count). The summed E-state index contributed by atoms with van der Waals surface area (Å²) >= 11 is 3.30.